The molecule has 1 saturated carbocycles. The molecule has 2 N–H and O–H groups in total. The molecule has 2 nitrogen and oxygen atoms in total. The van der Waals surface area contributed by atoms with Crippen LogP contribution >= 0.6 is 22.6 Å². The molecule has 0 amide bonds. The van der Waals surface area contributed by atoms with E-state index in [0.29, 0.717) is 0 Å². The van der Waals surface area contributed by atoms with Crippen LogP contribution in [0.5, 0.6) is 0 Å². The third kappa shape index (κ3) is 1.58. The van der Waals surface area contributed by atoms with Crippen LogP contribution in [-0.2, 0) is 5.41 Å². The van der Waals surface area contributed by atoms with Crippen molar-refractivity contribution in [2.24, 2.45) is 10.7 Å². The van der Waals surface area contributed by atoms with E-state index < -0.39 is 0 Å². The fourth-order valence-electron chi connectivity index (χ4n) is 2.67. The smallest absolute Gasteiger partial charge is 0.110 e. The number of hydrogen-bond donors (Lipinski definition) is 1. The maximum absolute atomic E-state index is 6.09. The quantitative estimate of drug-likeness (QED) is 0.442. The second-order valence-corrected chi connectivity index (χ2v) is 5.36. The third-order valence-corrected chi connectivity index (χ3v) is 4.13. The molecule has 1 aromatic rings. The summed E-state index contributed by atoms with van der Waals surface area (Å²) in [7, 11) is 0. The first-order chi connectivity index (χ1) is 8.26. The zero-order chi connectivity index (χ0) is 11.9. The normalized spacial score (nSPS) is 19.0. The zero-order valence-corrected chi connectivity index (χ0v) is 11.6. The van der Waals surface area contributed by atoms with Gasteiger partial charge in [-0.15, -0.1) is 0 Å². The minimum Gasteiger partial charge on any atom is -0.386 e. The summed E-state index contributed by atoms with van der Waals surface area (Å²) in [5.41, 5.74) is 9.53. The van der Waals surface area contributed by atoms with Crippen LogP contribution in [0.25, 0.3) is 0 Å². The average Bonchev–Trinajstić information content (AvgIpc) is 2.56. The van der Waals surface area contributed by atoms with Crippen LogP contribution in [0.3, 0.4) is 0 Å². The third-order valence-electron chi connectivity index (χ3n) is 3.75. The van der Waals surface area contributed by atoms with Gasteiger partial charge in [-0.25, -0.2) is 4.99 Å². The van der Waals surface area contributed by atoms with Crippen molar-refractivity contribution in [3.63, 3.8) is 0 Å². The Kier molecular flexibility index (Phi) is 2.62. The first-order valence-corrected chi connectivity index (χ1v) is 7.33. The highest BCUT2D eigenvalue weighted by atomic mass is 127. The molecule has 1 heterocycles. The fraction of sp³-hybridized carbons (Fsp3) is 0.357. The van der Waals surface area contributed by atoms with E-state index in [-0.39, 0.29) is 5.41 Å². The Morgan fingerprint density at radius 3 is 2.88 bits per heavy atom. The highest BCUT2D eigenvalue weighted by Crippen LogP contribution is 2.51. The Labute approximate surface area is 115 Å². The maximum Gasteiger partial charge on any atom is 0.110 e. The molecule has 2 aliphatic rings. The van der Waals surface area contributed by atoms with Crippen molar-refractivity contribution in [2.45, 2.75) is 24.7 Å². The molecule has 0 atom stereocenters. The monoisotopic (exact) mass is 336 g/mol. The average molecular weight is 336 g/mol. The summed E-state index contributed by atoms with van der Waals surface area (Å²) in [6.07, 6.45) is 3.55. The van der Waals surface area contributed by atoms with Crippen LogP contribution in [0.4, 0.5) is 5.69 Å². The second kappa shape index (κ2) is 4.02. The molecule has 1 aliphatic heterocycles. The zero-order valence-electron chi connectivity index (χ0n) is 9.46. The van der Waals surface area contributed by atoms with E-state index in [9.17, 15) is 0 Å². The summed E-state index contributed by atoms with van der Waals surface area (Å²) >= 11 is 2.25. The SMILES string of the molecule is NC1=Nc2cc(C#CCI)ccc2C12CCC2. The predicted octanol–water partition coefficient (Wildman–Crippen LogP) is 2.90. The molecular formula is C14H13IN2. The molecule has 0 aromatic heterocycles. The molecule has 1 fully saturated rings. The molecule has 0 bridgehead atoms. The van der Waals surface area contributed by atoms with Crippen molar-refractivity contribution < 1.29 is 0 Å². The standard InChI is InChI=1S/C14H13IN2/c15-8-1-3-10-4-5-11-12(9-10)17-13(16)14(11)6-2-7-14/h4-5,9H,2,6-8H2,(H2,16,17). The van der Waals surface area contributed by atoms with Crippen LogP contribution in [0.15, 0.2) is 23.2 Å². The van der Waals surface area contributed by atoms with Crippen LogP contribution in [-0.4, -0.2) is 10.3 Å². The van der Waals surface area contributed by atoms with Crippen molar-refractivity contribution >= 4 is 34.1 Å². The minimum absolute atomic E-state index is 0.0740. The minimum atomic E-state index is 0.0740. The van der Waals surface area contributed by atoms with Gasteiger partial charge >= 0.3 is 0 Å². The van der Waals surface area contributed by atoms with Gasteiger partial charge in [0.1, 0.15) is 5.84 Å². The Morgan fingerprint density at radius 2 is 2.24 bits per heavy atom. The molecule has 3 heteroatoms. The lowest BCUT2D eigenvalue weighted by atomic mass is 9.64. The predicted molar refractivity (Wildman–Crippen MR) is 79.0 cm³/mol. The molecule has 3 rings (SSSR count). The molecule has 0 radical (unpaired) electrons. The van der Waals surface area contributed by atoms with E-state index >= 15 is 0 Å². The highest BCUT2D eigenvalue weighted by molar-refractivity contribution is 14.1. The van der Waals surface area contributed by atoms with Gasteiger partial charge in [-0.1, -0.05) is 46.9 Å². The molecule has 1 aromatic carbocycles. The lowest BCUT2D eigenvalue weighted by Gasteiger charge is -2.38. The number of nitrogens with two attached hydrogens (primary N) is 1. The number of halogens is 1. The molecule has 1 aliphatic carbocycles. The lowest BCUT2D eigenvalue weighted by molar-refractivity contribution is 0.344. The fourth-order valence-corrected chi connectivity index (χ4v) is 2.86. The van der Waals surface area contributed by atoms with E-state index in [1.54, 1.807) is 0 Å². The van der Waals surface area contributed by atoms with E-state index in [2.05, 4.69) is 57.6 Å². The lowest BCUT2D eigenvalue weighted by Crippen LogP contribution is -2.44. The van der Waals surface area contributed by atoms with Gasteiger partial charge in [-0.05, 0) is 30.5 Å². The summed E-state index contributed by atoms with van der Waals surface area (Å²) in [6, 6.07) is 6.32. The molecular weight excluding hydrogens is 323 g/mol. The Morgan fingerprint density at radius 1 is 1.41 bits per heavy atom. The van der Waals surface area contributed by atoms with Crippen molar-refractivity contribution in [1.82, 2.24) is 0 Å². The van der Waals surface area contributed by atoms with Crippen molar-refractivity contribution in [3.8, 4) is 11.8 Å². The summed E-state index contributed by atoms with van der Waals surface area (Å²) in [6.45, 7) is 0. The van der Waals surface area contributed by atoms with Gasteiger partial charge in [0.2, 0.25) is 0 Å². The summed E-state index contributed by atoms with van der Waals surface area (Å²) < 4.78 is 0.851. The molecule has 1 spiro atoms. The summed E-state index contributed by atoms with van der Waals surface area (Å²) in [5.74, 6) is 7.01. The first-order valence-electron chi connectivity index (χ1n) is 5.80. The first kappa shape index (κ1) is 11.1. The maximum atomic E-state index is 6.09. The second-order valence-electron chi connectivity index (χ2n) is 4.60. The van der Waals surface area contributed by atoms with Gasteiger partial charge in [0.25, 0.3) is 0 Å². The van der Waals surface area contributed by atoms with E-state index in [0.717, 1.165) is 34.4 Å². The number of benzene rings is 1. The number of hydrogen-bond acceptors (Lipinski definition) is 2. The molecule has 0 saturated heterocycles. The van der Waals surface area contributed by atoms with Crippen molar-refractivity contribution in [3.05, 3.63) is 29.3 Å². The highest BCUT2D eigenvalue weighted by Gasteiger charge is 2.46. The van der Waals surface area contributed by atoms with Gasteiger partial charge < -0.3 is 5.73 Å². The van der Waals surface area contributed by atoms with Gasteiger partial charge in [0, 0.05) is 5.56 Å². The van der Waals surface area contributed by atoms with Crippen LogP contribution in [0.2, 0.25) is 0 Å². The van der Waals surface area contributed by atoms with Gasteiger partial charge in [-0.3, -0.25) is 0 Å². The summed E-state index contributed by atoms with van der Waals surface area (Å²) in [4.78, 5) is 4.52. The van der Waals surface area contributed by atoms with Gasteiger partial charge in [-0.2, -0.15) is 0 Å². The summed E-state index contributed by atoms with van der Waals surface area (Å²) in [5, 5.41) is 0. The Hall–Kier alpha value is -1.02. The number of alkyl halides is 1. The molecule has 0 unspecified atom stereocenters. The van der Waals surface area contributed by atoms with E-state index in [1.165, 1.54) is 12.0 Å². The number of amidine groups is 1. The van der Waals surface area contributed by atoms with Gasteiger partial charge in [0.05, 0.1) is 15.5 Å². The van der Waals surface area contributed by atoms with Crippen LogP contribution in [0, 0.1) is 11.8 Å². The van der Waals surface area contributed by atoms with Crippen molar-refractivity contribution in [2.75, 3.05) is 4.43 Å². The number of fused-ring (bicyclic) bond motifs is 2. The van der Waals surface area contributed by atoms with Crippen LogP contribution in [0.1, 0.15) is 30.4 Å². The molecule has 17 heavy (non-hydrogen) atoms. The van der Waals surface area contributed by atoms with Crippen molar-refractivity contribution in [1.29, 1.82) is 0 Å². The number of nitrogens with zero attached hydrogens (tertiary/aromatic N) is 1. The number of aliphatic imine (C=N–C) groups is 1. The Bertz CT molecular complexity index is 559. The topological polar surface area (TPSA) is 38.4 Å². The van der Waals surface area contributed by atoms with Crippen LogP contribution < -0.4 is 5.73 Å². The largest absolute Gasteiger partial charge is 0.386 e. The molecule has 86 valence electrons. The number of rotatable bonds is 0. The Balaban J connectivity index is 2.04. The van der Waals surface area contributed by atoms with E-state index in [4.69, 9.17) is 5.73 Å². The van der Waals surface area contributed by atoms with Gasteiger partial charge in [0.15, 0.2) is 0 Å². The van der Waals surface area contributed by atoms with E-state index in [1.807, 2.05) is 0 Å².